The third kappa shape index (κ3) is 4.07. The Bertz CT molecular complexity index is 2450. The van der Waals surface area contributed by atoms with Gasteiger partial charge in [0, 0.05) is 33.8 Å². The first kappa shape index (κ1) is 25.5. The van der Waals surface area contributed by atoms with Crippen LogP contribution in [0, 0.1) is 0 Å². The van der Waals surface area contributed by atoms with Crippen molar-refractivity contribution in [2.24, 2.45) is 0 Å². The molecule has 2 nitrogen and oxygen atoms in total. The summed E-state index contributed by atoms with van der Waals surface area (Å²) in [4.78, 5) is 5.12. The maximum Gasteiger partial charge on any atom is 0.0714 e. The number of nitrogens with zero attached hydrogens (tertiary/aromatic N) is 2. The third-order valence-corrected chi connectivity index (χ3v) is 9.04. The van der Waals surface area contributed by atoms with E-state index in [1.54, 1.807) is 0 Å². The number of benzene rings is 7. The van der Waals surface area contributed by atoms with E-state index in [2.05, 4.69) is 168 Å². The fourth-order valence-electron chi connectivity index (χ4n) is 7.04. The van der Waals surface area contributed by atoms with Crippen molar-refractivity contribution >= 4 is 43.4 Å². The zero-order valence-corrected chi connectivity index (χ0v) is 24.6. The summed E-state index contributed by atoms with van der Waals surface area (Å²) in [6, 6.07) is 58.6. The normalized spacial score (nSPS) is 11.6. The number of hydrogen-bond acceptors (Lipinski definition) is 1. The molecule has 0 aliphatic carbocycles. The number of rotatable bonds is 4. The van der Waals surface area contributed by atoms with Crippen LogP contribution in [0.15, 0.2) is 170 Å². The van der Waals surface area contributed by atoms with Gasteiger partial charge in [0.1, 0.15) is 0 Å². The minimum atomic E-state index is 0.977. The van der Waals surface area contributed by atoms with Crippen molar-refractivity contribution < 1.29 is 0 Å². The lowest BCUT2D eigenvalue weighted by Gasteiger charge is -2.17. The van der Waals surface area contributed by atoms with Crippen molar-refractivity contribution in [3.63, 3.8) is 0 Å². The van der Waals surface area contributed by atoms with Crippen molar-refractivity contribution in [1.82, 2.24) is 9.55 Å². The highest BCUT2D eigenvalue weighted by Crippen LogP contribution is 2.43. The van der Waals surface area contributed by atoms with Gasteiger partial charge in [-0.15, -0.1) is 0 Å². The van der Waals surface area contributed by atoms with Gasteiger partial charge in [0.25, 0.3) is 0 Å². The Balaban J connectivity index is 1.22. The summed E-state index contributed by atoms with van der Waals surface area (Å²) < 4.78 is 2.36. The van der Waals surface area contributed by atoms with Gasteiger partial charge in [-0.2, -0.15) is 0 Å². The lowest BCUT2D eigenvalue weighted by molar-refractivity contribution is 1.18. The molecule has 210 valence electrons. The number of hydrogen-bond donors (Lipinski definition) is 0. The van der Waals surface area contributed by atoms with E-state index in [1.165, 1.54) is 60.0 Å². The Morgan fingerprint density at radius 2 is 0.889 bits per heavy atom. The number of para-hydroxylation sites is 2. The molecule has 0 aliphatic heterocycles. The molecule has 0 saturated carbocycles. The van der Waals surface area contributed by atoms with Gasteiger partial charge < -0.3 is 4.57 Å². The van der Waals surface area contributed by atoms with E-state index < -0.39 is 0 Å². The topological polar surface area (TPSA) is 17.8 Å². The summed E-state index contributed by atoms with van der Waals surface area (Å²) in [5.74, 6) is 0. The summed E-state index contributed by atoms with van der Waals surface area (Å²) in [6.07, 6.45) is 2.03. The molecule has 0 saturated heterocycles. The second-order valence-electron chi connectivity index (χ2n) is 11.6. The van der Waals surface area contributed by atoms with Gasteiger partial charge >= 0.3 is 0 Å². The maximum absolute atomic E-state index is 5.12. The molecule has 7 aromatic carbocycles. The molecule has 0 unspecified atom stereocenters. The Labute approximate surface area is 261 Å². The van der Waals surface area contributed by atoms with E-state index in [9.17, 15) is 0 Å². The van der Waals surface area contributed by atoms with Gasteiger partial charge in [-0.1, -0.05) is 133 Å². The van der Waals surface area contributed by atoms with Crippen LogP contribution in [0.1, 0.15) is 0 Å². The molecule has 0 N–H and O–H groups in total. The van der Waals surface area contributed by atoms with Crippen molar-refractivity contribution in [2.45, 2.75) is 0 Å². The predicted octanol–water partition coefficient (Wildman–Crippen LogP) is 11.5. The summed E-state index contributed by atoms with van der Waals surface area (Å²) in [7, 11) is 0. The molecule has 0 spiro atoms. The minimum Gasteiger partial charge on any atom is -0.309 e. The third-order valence-electron chi connectivity index (χ3n) is 9.04. The Hall–Kier alpha value is -5.99. The van der Waals surface area contributed by atoms with Crippen LogP contribution in [-0.2, 0) is 0 Å². The first-order valence-corrected chi connectivity index (χ1v) is 15.4. The summed E-state index contributed by atoms with van der Waals surface area (Å²) in [5.41, 5.74) is 10.5. The molecular formula is C43H28N2. The Kier molecular flexibility index (Phi) is 5.85. The summed E-state index contributed by atoms with van der Waals surface area (Å²) in [6.45, 7) is 0. The number of aromatic nitrogens is 2. The van der Waals surface area contributed by atoms with Gasteiger partial charge in [-0.05, 0) is 68.6 Å². The van der Waals surface area contributed by atoms with Gasteiger partial charge in [0.15, 0.2) is 0 Å². The maximum atomic E-state index is 5.12. The van der Waals surface area contributed by atoms with Gasteiger partial charge in [-0.25, -0.2) is 0 Å². The molecule has 9 rings (SSSR count). The quantitative estimate of drug-likeness (QED) is 0.192. The zero-order chi connectivity index (χ0) is 29.7. The van der Waals surface area contributed by atoms with Gasteiger partial charge in [-0.3, -0.25) is 4.98 Å². The summed E-state index contributed by atoms with van der Waals surface area (Å²) in [5, 5.41) is 7.41. The largest absolute Gasteiger partial charge is 0.309 e. The molecule has 9 aromatic rings. The lowest BCUT2D eigenvalue weighted by atomic mass is 9.87. The SMILES string of the molecule is c1ccc(-c2c3ccccc3c(-c3ccc(-c4ccc5c6ccccc6n(-c6ccccc6)c5c4)cn3)c3ccccc23)cc1. The zero-order valence-electron chi connectivity index (χ0n) is 24.6. The number of pyridine rings is 1. The van der Waals surface area contributed by atoms with E-state index in [0.29, 0.717) is 0 Å². The highest BCUT2D eigenvalue weighted by molar-refractivity contribution is 6.21. The van der Waals surface area contributed by atoms with Crippen LogP contribution in [0.3, 0.4) is 0 Å². The Morgan fingerprint density at radius 1 is 0.356 bits per heavy atom. The van der Waals surface area contributed by atoms with Crippen LogP contribution in [0.5, 0.6) is 0 Å². The van der Waals surface area contributed by atoms with Crippen LogP contribution in [0.25, 0.3) is 82.5 Å². The first-order chi connectivity index (χ1) is 22.3. The first-order valence-electron chi connectivity index (χ1n) is 15.4. The molecule has 0 fully saturated rings. The van der Waals surface area contributed by atoms with E-state index in [-0.39, 0.29) is 0 Å². The van der Waals surface area contributed by atoms with E-state index in [0.717, 1.165) is 22.5 Å². The van der Waals surface area contributed by atoms with Crippen LogP contribution < -0.4 is 0 Å². The molecule has 0 amide bonds. The minimum absolute atomic E-state index is 0.977. The van der Waals surface area contributed by atoms with Crippen LogP contribution in [0.2, 0.25) is 0 Å². The van der Waals surface area contributed by atoms with Crippen LogP contribution in [0.4, 0.5) is 0 Å². The van der Waals surface area contributed by atoms with E-state index in [1.807, 2.05) is 6.20 Å². The van der Waals surface area contributed by atoms with Gasteiger partial charge in [0.2, 0.25) is 0 Å². The van der Waals surface area contributed by atoms with Gasteiger partial charge in [0.05, 0.1) is 16.7 Å². The Morgan fingerprint density at radius 3 is 1.53 bits per heavy atom. The van der Waals surface area contributed by atoms with Crippen molar-refractivity contribution in [3.8, 4) is 39.2 Å². The summed E-state index contributed by atoms with van der Waals surface area (Å²) >= 11 is 0. The van der Waals surface area contributed by atoms with E-state index >= 15 is 0 Å². The van der Waals surface area contributed by atoms with Crippen molar-refractivity contribution in [1.29, 1.82) is 0 Å². The standard InChI is InChI=1S/C43H28N2/c1-3-13-29(14-4-1)42-35-18-7-9-20-37(35)43(38-21-10-8-19-36(38)42)39-26-24-31(28-44-39)30-23-25-34-33-17-11-12-22-40(33)45(41(34)27-30)32-15-5-2-6-16-32/h1-28H. The molecule has 0 radical (unpaired) electrons. The van der Waals surface area contributed by atoms with Crippen molar-refractivity contribution in [3.05, 3.63) is 170 Å². The molecule has 2 heteroatoms. The van der Waals surface area contributed by atoms with Crippen molar-refractivity contribution in [2.75, 3.05) is 0 Å². The molecule has 2 heterocycles. The molecule has 2 aromatic heterocycles. The average Bonchev–Trinajstić information content (AvgIpc) is 3.45. The fourth-order valence-corrected chi connectivity index (χ4v) is 7.04. The second-order valence-corrected chi connectivity index (χ2v) is 11.6. The highest BCUT2D eigenvalue weighted by atomic mass is 15.0. The highest BCUT2D eigenvalue weighted by Gasteiger charge is 2.18. The molecular weight excluding hydrogens is 544 g/mol. The smallest absolute Gasteiger partial charge is 0.0714 e. The number of fused-ring (bicyclic) bond motifs is 5. The monoisotopic (exact) mass is 572 g/mol. The molecule has 45 heavy (non-hydrogen) atoms. The fraction of sp³-hybridized carbons (Fsp3) is 0. The average molecular weight is 573 g/mol. The molecule has 0 aliphatic rings. The predicted molar refractivity (Wildman–Crippen MR) is 190 cm³/mol. The second kappa shape index (κ2) is 10.3. The van der Waals surface area contributed by atoms with E-state index in [4.69, 9.17) is 4.98 Å². The molecule has 0 bridgehead atoms. The van der Waals surface area contributed by atoms with Crippen LogP contribution in [-0.4, -0.2) is 9.55 Å². The lowest BCUT2D eigenvalue weighted by Crippen LogP contribution is -1.94. The van der Waals surface area contributed by atoms with Crippen LogP contribution >= 0.6 is 0 Å². The molecule has 0 atom stereocenters.